The second kappa shape index (κ2) is 6.91. The number of anilines is 1. The average molecular weight is 335 g/mol. The first-order valence-corrected chi connectivity index (χ1v) is 9.19. The SMILES string of the molecule is COc1ccc(OC)c(NC(N)=NCC2CC23CCSCC3)c1. The summed E-state index contributed by atoms with van der Waals surface area (Å²) in [5.74, 6) is 5.21. The number of guanidine groups is 1. The van der Waals surface area contributed by atoms with Crippen LogP contribution in [-0.2, 0) is 0 Å². The highest BCUT2D eigenvalue weighted by Gasteiger charge is 2.53. The van der Waals surface area contributed by atoms with Gasteiger partial charge in [-0.25, -0.2) is 0 Å². The highest BCUT2D eigenvalue weighted by molar-refractivity contribution is 7.99. The molecule has 2 fully saturated rings. The van der Waals surface area contributed by atoms with Crippen molar-refractivity contribution < 1.29 is 9.47 Å². The van der Waals surface area contributed by atoms with E-state index in [0.717, 1.165) is 23.7 Å². The first kappa shape index (κ1) is 16.3. The van der Waals surface area contributed by atoms with E-state index in [4.69, 9.17) is 15.2 Å². The maximum atomic E-state index is 6.05. The van der Waals surface area contributed by atoms with Crippen LogP contribution in [0.2, 0.25) is 0 Å². The smallest absolute Gasteiger partial charge is 0.193 e. The van der Waals surface area contributed by atoms with Crippen LogP contribution >= 0.6 is 11.8 Å². The van der Waals surface area contributed by atoms with Gasteiger partial charge >= 0.3 is 0 Å². The highest BCUT2D eigenvalue weighted by atomic mass is 32.2. The zero-order chi connectivity index (χ0) is 16.3. The molecular weight excluding hydrogens is 310 g/mol. The van der Waals surface area contributed by atoms with Gasteiger partial charge in [0.15, 0.2) is 5.96 Å². The molecule has 0 amide bonds. The van der Waals surface area contributed by atoms with Gasteiger partial charge in [0.05, 0.1) is 19.9 Å². The first-order valence-electron chi connectivity index (χ1n) is 8.03. The lowest BCUT2D eigenvalue weighted by atomic mass is 9.96. The molecule has 1 spiro atoms. The lowest BCUT2D eigenvalue weighted by Crippen LogP contribution is -2.24. The summed E-state index contributed by atoms with van der Waals surface area (Å²) in [6, 6.07) is 5.56. The van der Waals surface area contributed by atoms with E-state index in [2.05, 4.69) is 22.1 Å². The van der Waals surface area contributed by atoms with Crippen LogP contribution in [0.1, 0.15) is 19.3 Å². The van der Waals surface area contributed by atoms with E-state index in [0.29, 0.717) is 17.3 Å². The molecule has 0 bridgehead atoms. The minimum Gasteiger partial charge on any atom is -0.497 e. The van der Waals surface area contributed by atoms with E-state index in [-0.39, 0.29) is 0 Å². The van der Waals surface area contributed by atoms with Gasteiger partial charge in [-0.3, -0.25) is 4.99 Å². The molecule has 3 N–H and O–H groups in total. The maximum absolute atomic E-state index is 6.05. The Balaban J connectivity index is 1.59. The summed E-state index contributed by atoms with van der Waals surface area (Å²) in [6.45, 7) is 0.815. The van der Waals surface area contributed by atoms with Crippen LogP contribution in [0, 0.1) is 11.3 Å². The Morgan fingerprint density at radius 2 is 2.13 bits per heavy atom. The molecule has 5 nitrogen and oxygen atoms in total. The van der Waals surface area contributed by atoms with Gasteiger partial charge in [-0.2, -0.15) is 11.8 Å². The molecule has 23 heavy (non-hydrogen) atoms. The second-order valence-electron chi connectivity index (χ2n) is 6.29. The van der Waals surface area contributed by atoms with Crippen LogP contribution < -0.4 is 20.5 Å². The fourth-order valence-electron chi connectivity index (χ4n) is 3.38. The van der Waals surface area contributed by atoms with E-state index in [1.807, 2.05) is 18.2 Å². The van der Waals surface area contributed by atoms with Crippen molar-refractivity contribution in [1.29, 1.82) is 0 Å². The Bertz CT molecular complexity index is 585. The molecule has 1 aromatic rings. The number of aliphatic imine (C=N–C) groups is 1. The number of nitrogens with zero attached hydrogens (tertiary/aromatic N) is 1. The summed E-state index contributed by atoms with van der Waals surface area (Å²) < 4.78 is 10.6. The third kappa shape index (κ3) is 3.68. The first-order chi connectivity index (χ1) is 11.2. The Kier molecular flexibility index (Phi) is 4.90. The number of nitrogens with one attached hydrogen (secondary N) is 1. The second-order valence-corrected chi connectivity index (χ2v) is 7.52. The van der Waals surface area contributed by atoms with Crippen LogP contribution in [0.25, 0.3) is 0 Å². The number of methoxy groups -OCH3 is 2. The molecule has 1 saturated heterocycles. The summed E-state index contributed by atoms with van der Waals surface area (Å²) in [5.41, 5.74) is 7.40. The van der Waals surface area contributed by atoms with Crippen molar-refractivity contribution in [3.05, 3.63) is 18.2 Å². The van der Waals surface area contributed by atoms with E-state index in [1.165, 1.54) is 30.8 Å². The summed E-state index contributed by atoms with van der Waals surface area (Å²) >= 11 is 2.07. The van der Waals surface area contributed by atoms with Crippen LogP contribution in [-0.4, -0.2) is 38.2 Å². The third-order valence-corrected chi connectivity index (χ3v) is 5.98. The fourth-order valence-corrected chi connectivity index (χ4v) is 4.68. The van der Waals surface area contributed by atoms with Gasteiger partial charge in [-0.05, 0) is 54.2 Å². The number of thioether (sulfide) groups is 1. The summed E-state index contributed by atoms with van der Waals surface area (Å²) in [4.78, 5) is 4.54. The van der Waals surface area contributed by atoms with Crippen molar-refractivity contribution in [1.82, 2.24) is 0 Å². The molecular formula is C17H25N3O2S. The molecule has 1 aliphatic carbocycles. The standard InChI is InChI=1S/C17H25N3O2S/c1-21-13-3-4-15(22-2)14(9-13)20-16(18)19-11-12-10-17(12)5-7-23-8-6-17/h3-4,9,12H,5-8,10-11H2,1-2H3,(H3,18,19,20). The molecule has 1 heterocycles. The monoisotopic (exact) mass is 335 g/mol. The van der Waals surface area contributed by atoms with Crippen molar-refractivity contribution in [2.45, 2.75) is 19.3 Å². The van der Waals surface area contributed by atoms with Crippen molar-refractivity contribution in [3.63, 3.8) is 0 Å². The molecule has 0 radical (unpaired) electrons. The maximum Gasteiger partial charge on any atom is 0.193 e. The zero-order valence-electron chi connectivity index (χ0n) is 13.8. The number of ether oxygens (including phenoxy) is 2. The predicted molar refractivity (Wildman–Crippen MR) is 96.8 cm³/mol. The molecule has 3 rings (SSSR count). The molecule has 1 unspecified atom stereocenters. The van der Waals surface area contributed by atoms with Crippen LogP contribution in [0.4, 0.5) is 5.69 Å². The van der Waals surface area contributed by atoms with Gasteiger partial charge < -0.3 is 20.5 Å². The number of rotatable bonds is 5. The number of nitrogens with two attached hydrogens (primary N) is 1. The summed E-state index contributed by atoms with van der Waals surface area (Å²) in [6.07, 6.45) is 4.00. The average Bonchev–Trinajstić information content (AvgIpc) is 3.25. The quantitative estimate of drug-likeness (QED) is 0.639. The lowest BCUT2D eigenvalue weighted by Gasteiger charge is -2.21. The third-order valence-electron chi connectivity index (χ3n) is 5.00. The topological polar surface area (TPSA) is 68.9 Å². The Labute approximate surface area is 142 Å². The van der Waals surface area contributed by atoms with Crippen molar-refractivity contribution in [2.24, 2.45) is 22.1 Å². The van der Waals surface area contributed by atoms with Crippen LogP contribution in [0.3, 0.4) is 0 Å². The van der Waals surface area contributed by atoms with E-state index in [9.17, 15) is 0 Å². The predicted octanol–water partition coefficient (Wildman–Crippen LogP) is 2.96. The molecule has 1 atom stereocenters. The summed E-state index contributed by atoms with van der Waals surface area (Å²) in [7, 11) is 3.27. The Hall–Kier alpha value is -1.56. The van der Waals surface area contributed by atoms with Crippen molar-refractivity contribution >= 4 is 23.4 Å². The van der Waals surface area contributed by atoms with Crippen molar-refractivity contribution in [2.75, 3.05) is 37.6 Å². The van der Waals surface area contributed by atoms with E-state index >= 15 is 0 Å². The van der Waals surface area contributed by atoms with Crippen LogP contribution in [0.15, 0.2) is 23.2 Å². The van der Waals surface area contributed by atoms with E-state index in [1.54, 1.807) is 14.2 Å². The highest BCUT2D eigenvalue weighted by Crippen LogP contribution is 2.60. The fraction of sp³-hybridized carbons (Fsp3) is 0.588. The van der Waals surface area contributed by atoms with Gasteiger partial charge in [-0.1, -0.05) is 0 Å². The lowest BCUT2D eigenvalue weighted by molar-refractivity contribution is 0.405. The minimum atomic E-state index is 0.434. The molecule has 126 valence electrons. The number of benzene rings is 1. The Morgan fingerprint density at radius 3 is 2.83 bits per heavy atom. The zero-order valence-corrected chi connectivity index (χ0v) is 14.6. The van der Waals surface area contributed by atoms with Gasteiger partial charge in [0.25, 0.3) is 0 Å². The van der Waals surface area contributed by atoms with Crippen LogP contribution in [0.5, 0.6) is 11.5 Å². The molecule has 1 aromatic carbocycles. The van der Waals surface area contributed by atoms with Crippen molar-refractivity contribution in [3.8, 4) is 11.5 Å². The largest absolute Gasteiger partial charge is 0.497 e. The normalized spacial score (nSPS) is 22.7. The molecule has 1 aliphatic heterocycles. The minimum absolute atomic E-state index is 0.434. The molecule has 1 saturated carbocycles. The van der Waals surface area contributed by atoms with Gasteiger partial charge in [0.2, 0.25) is 0 Å². The van der Waals surface area contributed by atoms with E-state index < -0.39 is 0 Å². The van der Waals surface area contributed by atoms with Gasteiger partial charge in [-0.15, -0.1) is 0 Å². The number of hydrogen-bond acceptors (Lipinski definition) is 4. The summed E-state index contributed by atoms with van der Waals surface area (Å²) in [5, 5.41) is 3.13. The Morgan fingerprint density at radius 1 is 1.35 bits per heavy atom. The van der Waals surface area contributed by atoms with Gasteiger partial charge in [0.1, 0.15) is 11.5 Å². The molecule has 0 aromatic heterocycles. The number of hydrogen-bond donors (Lipinski definition) is 2. The molecule has 2 aliphatic rings. The van der Waals surface area contributed by atoms with Gasteiger partial charge in [0, 0.05) is 12.6 Å². The molecule has 6 heteroatoms.